The van der Waals surface area contributed by atoms with Crippen LogP contribution >= 0.6 is 0 Å². The number of hydrogen-bond acceptors (Lipinski definition) is 4. The molecular formula is C19H21N3O4S. The Kier molecular flexibility index (Phi) is 5.03. The molecule has 0 saturated heterocycles. The van der Waals surface area contributed by atoms with Crippen molar-refractivity contribution in [2.75, 3.05) is 6.26 Å². The number of Topliss-reactive ketones (excluding diaryl/α,β-unsaturated/α-hetero) is 1. The third kappa shape index (κ3) is 4.01. The van der Waals surface area contributed by atoms with Crippen molar-refractivity contribution in [3.8, 4) is 0 Å². The second-order valence-electron chi connectivity index (χ2n) is 6.54. The van der Waals surface area contributed by atoms with E-state index in [4.69, 9.17) is 4.55 Å². The molecule has 0 radical (unpaired) electrons. The third-order valence-corrected chi connectivity index (χ3v) is 4.56. The van der Waals surface area contributed by atoms with Gasteiger partial charge in [-0.25, -0.2) is 4.98 Å². The number of fused-ring (bicyclic) bond motifs is 3. The van der Waals surface area contributed by atoms with Gasteiger partial charge in [0, 0.05) is 34.9 Å². The molecule has 1 aromatic carbocycles. The molecule has 3 aromatic rings. The van der Waals surface area contributed by atoms with Crippen LogP contribution < -0.4 is 0 Å². The fourth-order valence-electron chi connectivity index (χ4n) is 3.34. The number of aryl methyl sites for hydroxylation is 2. The van der Waals surface area contributed by atoms with E-state index in [-0.39, 0.29) is 5.78 Å². The van der Waals surface area contributed by atoms with Gasteiger partial charge >= 0.3 is 0 Å². The Labute approximate surface area is 157 Å². The molecule has 1 aliphatic carbocycles. The normalized spacial score (nSPS) is 15.6. The Morgan fingerprint density at radius 3 is 2.56 bits per heavy atom. The molecule has 4 rings (SSSR count). The van der Waals surface area contributed by atoms with Crippen molar-refractivity contribution in [1.82, 2.24) is 14.5 Å². The van der Waals surface area contributed by atoms with Crippen LogP contribution in [0.1, 0.15) is 33.9 Å². The van der Waals surface area contributed by atoms with Crippen molar-refractivity contribution in [3.63, 3.8) is 0 Å². The molecule has 1 aliphatic rings. The molecule has 0 saturated carbocycles. The summed E-state index contributed by atoms with van der Waals surface area (Å²) in [5.41, 5.74) is 5.82. The first-order valence-corrected chi connectivity index (χ1v) is 10.3. The summed E-state index contributed by atoms with van der Waals surface area (Å²) >= 11 is 0. The molecule has 0 aliphatic heterocycles. The highest BCUT2D eigenvalue weighted by Gasteiger charge is 2.28. The molecule has 0 spiro atoms. The lowest BCUT2D eigenvalue weighted by atomic mass is 9.89. The molecule has 0 amide bonds. The highest BCUT2D eigenvalue weighted by molar-refractivity contribution is 7.85. The number of aromatic nitrogens is 3. The van der Waals surface area contributed by atoms with Gasteiger partial charge in [0.05, 0.1) is 23.8 Å². The van der Waals surface area contributed by atoms with E-state index in [0.29, 0.717) is 6.26 Å². The number of aromatic amines is 1. The molecule has 8 heteroatoms. The molecule has 2 aromatic heterocycles. The third-order valence-electron chi connectivity index (χ3n) is 4.56. The van der Waals surface area contributed by atoms with Crippen molar-refractivity contribution in [2.24, 2.45) is 7.05 Å². The van der Waals surface area contributed by atoms with Crippen LogP contribution in [0.4, 0.5) is 0 Å². The Morgan fingerprint density at radius 1 is 1.26 bits per heavy atom. The van der Waals surface area contributed by atoms with Gasteiger partial charge in [0.25, 0.3) is 10.1 Å². The monoisotopic (exact) mass is 387 g/mol. The first-order valence-electron chi connectivity index (χ1n) is 8.40. The van der Waals surface area contributed by atoms with Crippen LogP contribution in [0.15, 0.2) is 36.2 Å². The Bertz CT molecular complexity index is 1150. The van der Waals surface area contributed by atoms with Crippen molar-refractivity contribution >= 4 is 32.9 Å². The molecule has 2 heterocycles. The SMILES string of the molecule is CS(=O)(=O)O.Cc1[nH]cnc1C=C1CCc2c(c3ccccc3n2C)C1=O. The summed E-state index contributed by atoms with van der Waals surface area (Å²) in [7, 11) is -1.62. The lowest BCUT2D eigenvalue weighted by Crippen LogP contribution is -2.15. The minimum atomic E-state index is -3.67. The van der Waals surface area contributed by atoms with Gasteiger partial charge in [-0.1, -0.05) is 18.2 Å². The fraction of sp³-hybridized carbons (Fsp3) is 0.263. The molecule has 2 N–H and O–H groups in total. The number of ketones is 1. The standard InChI is InChI=1S/C18H17N3O.CH4O3S/c1-11-14(20-10-19-11)9-12-7-8-16-17(18(12)22)13-5-3-4-6-15(13)21(16)2;1-5(2,3)4/h3-6,9-10H,7-8H2,1-2H3,(H,19,20);1H3,(H,2,3,4). The summed E-state index contributed by atoms with van der Waals surface area (Å²) in [5, 5.41) is 1.05. The number of carbonyl (C=O) groups excluding carboxylic acids is 1. The number of hydrogen-bond donors (Lipinski definition) is 2. The number of H-pyrrole nitrogens is 1. The van der Waals surface area contributed by atoms with E-state index >= 15 is 0 Å². The van der Waals surface area contributed by atoms with E-state index in [1.165, 1.54) is 0 Å². The van der Waals surface area contributed by atoms with Crippen molar-refractivity contribution in [2.45, 2.75) is 19.8 Å². The van der Waals surface area contributed by atoms with Crippen LogP contribution in [0.5, 0.6) is 0 Å². The lowest BCUT2D eigenvalue weighted by Gasteiger charge is -2.15. The molecular weight excluding hydrogens is 366 g/mol. The van der Waals surface area contributed by atoms with Crippen LogP contribution in [0, 0.1) is 6.92 Å². The minimum absolute atomic E-state index is 0.139. The number of rotatable bonds is 1. The summed E-state index contributed by atoms with van der Waals surface area (Å²) in [6.07, 6.45) is 5.97. The molecule has 0 fully saturated rings. The first kappa shape index (κ1) is 19.1. The summed E-state index contributed by atoms with van der Waals surface area (Å²) in [4.78, 5) is 20.3. The van der Waals surface area contributed by atoms with Crippen LogP contribution in [-0.2, 0) is 23.6 Å². The summed E-state index contributed by atoms with van der Waals surface area (Å²) in [5.74, 6) is 0.139. The topological polar surface area (TPSA) is 105 Å². The largest absolute Gasteiger partial charge is 0.348 e. The number of nitrogens with zero attached hydrogens (tertiary/aromatic N) is 2. The average molecular weight is 387 g/mol. The van der Waals surface area contributed by atoms with Gasteiger partial charge < -0.3 is 9.55 Å². The van der Waals surface area contributed by atoms with Crippen LogP contribution in [0.3, 0.4) is 0 Å². The fourth-order valence-corrected chi connectivity index (χ4v) is 3.34. The number of nitrogens with one attached hydrogen (secondary N) is 1. The predicted molar refractivity (Wildman–Crippen MR) is 104 cm³/mol. The maximum absolute atomic E-state index is 13.0. The van der Waals surface area contributed by atoms with Crippen LogP contribution in [0.2, 0.25) is 0 Å². The van der Waals surface area contributed by atoms with E-state index in [9.17, 15) is 13.2 Å². The molecule has 0 unspecified atom stereocenters. The van der Waals surface area contributed by atoms with E-state index < -0.39 is 10.1 Å². The smallest absolute Gasteiger partial charge is 0.261 e. The predicted octanol–water partition coefficient (Wildman–Crippen LogP) is 2.93. The second kappa shape index (κ2) is 7.13. The summed E-state index contributed by atoms with van der Waals surface area (Å²) in [6.45, 7) is 1.97. The minimum Gasteiger partial charge on any atom is -0.348 e. The van der Waals surface area contributed by atoms with E-state index in [1.54, 1.807) is 6.33 Å². The van der Waals surface area contributed by atoms with E-state index in [0.717, 1.165) is 52.0 Å². The van der Waals surface area contributed by atoms with Gasteiger partial charge in [-0.05, 0) is 31.9 Å². The van der Waals surface area contributed by atoms with Gasteiger partial charge in [-0.3, -0.25) is 9.35 Å². The van der Waals surface area contributed by atoms with E-state index in [2.05, 4.69) is 20.6 Å². The van der Waals surface area contributed by atoms with Crippen LogP contribution in [0.25, 0.3) is 17.0 Å². The molecule has 0 atom stereocenters. The van der Waals surface area contributed by atoms with Gasteiger partial charge in [0.1, 0.15) is 0 Å². The Morgan fingerprint density at radius 2 is 1.93 bits per heavy atom. The maximum atomic E-state index is 13.0. The molecule has 27 heavy (non-hydrogen) atoms. The quantitative estimate of drug-likeness (QED) is 0.493. The zero-order chi connectivity index (χ0) is 19.8. The van der Waals surface area contributed by atoms with Crippen molar-refractivity contribution < 1.29 is 17.8 Å². The summed E-state index contributed by atoms with van der Waals surface area (Å²) in [6, 6.07) is 8.12. The zero-order valence-corrected chi connectivity index (χ0v) is 16.2. The lowest BCUT2D eigenvalue weighted by molar-refractivity contribution is 0.102. The number of benzene rings is 1. The van der Waals surface area contributed by atoms with Gasteiger partial charge in [-0.2, -0.15) is 8.42 Å². The maximum Gasteiger partial charge on any atom is 0.261 e. The van der Waals surface area contributed by atoms with Gasteiger partial charge in [-0.15, -0.1) is 0 Å². The van der Waals surface area contributed by atoms with Gasteiger partial charge in [0.2, 0.25) is 0 Å². The second-order valence-corrected chi connectivity index (χ2v) is 8.01. The number of allylic oxidation sites excluding steroid dienone is 1. The van der Waals surface area contributed by atoms with Crippen molar-refractivity contribution in [1.29, 1.82) is 0 Å². The first-order chi connectivity index (χ1) is 12.7. The Hall–Kier alpha value is -2.71. The highest BCUT2D eigenvalue weighted by atomic mass is 32.2. The van der Waals surface area contributed by atoms with Gasteiger partial charge in [0.15, 0.2) is 5.78 Å². The molecule has 0 bridgehead atoms. The number of carbonyl (C=O) groups is 1. The van der Waals surface area contributed by atoms with Crippen molar-refractivity contribution in [3.05, 3.63) is 58.8 Å². The average Bonchev–Trinajstić information content (AvgIpc) is 3.11. The molecule has 7 nitrogen and oxygen atoms in total. The Balaban J connectivity index is 0.000000376. The zero-order valence-electron chi connectivity index (χ0n) is 15.4. The van der Waals surface area contributed by atoms with Crippen LogP contribution in [-0.4, -0.2) is 39.5 Å². The highest BCUT2D eigenvalue weighted by Crippen LogP contribution is 2.34. The van der Waals surface area contributed by atoms with E-state index in [1.807, 2.05) is 38.2 Å². The summed E-state index contributed by atoms with van der Waals surface area (Å²) < 4.78 is 28.0. The molecule has 142 valence electrons. The number of para-hydroxylation sites is 1. The number of imidazole rings is 1.